The number of hydrogen-bond acceptors (Lipinski definition) is 11. The van der Waals surface area contributed by atoms with E-state index in [9.17, 15) is 28.8 Å². The van der Waals surface area contributed by atoms with Crippen molar-refractivity contribution in [2.24, 2.45) is 17.8 Å². The molecule has 1 saturated heterocycles. The highest BCUT2D eigenvalue weighted by Crippen LogP contribution is 2.44. The molecular formula is C54H73N5O10. The molecule has 2 aliphatic carbocycles. The zero-order valence-electron chi connectivity index (χ0n) is 42.2. The highest BCUT2D eigenvalue weighted by atomic mass is 16.5. The molecule has 0 aromatic heterocycles. The van der Waals surface area contributed by atoms with Gasteiger partial charge in [-0.2, -0.15) is 0 Å². The van der Waals surface area contributed by atoms with Gasteiger partial charge in [-0.05, 0) is 85.4 Å². The van der Waals surface area contributed by atoms with Gasteiger partial charge in [0.05, 0.1) is 43.7 Å². The molecule has 0 bridgehead atoms. The number of nitrogens with zero attached hydrogens (tertiary/aromatic N) is 2. The lowest BCUT2D eigenvalue weighted by molar-refractivity contribution is -0.148. The third-order valence-electron chi connectivity index (χ3n) is 14.9. The van der Waals surface area contributed by atoms with Crippen LogP contribution in [0.4, 0.5) is 4.79 Å². The quantitative estimate of drug-likeness (QED) is 0.101. The van der Waals surface area contributed by atoms with Crippen LogP contribution in [0.3, 0.4) is 0 Å². The Balaban J connectivity index is 1.09. The Labute approximate surface area is 407 Å². The van der Waals surface area contributed by atoms with Crippen LogP contribution >= 0.6 is 0 Å². The van der Waals surface area contributed by atoms with Gasteiger partial charge in [0.1, 0.15) is 18.2 Å². The van der Waals surface area contributed by atoms with E-state index in [1.807, 2.05) is 100 Å². The summed E-state index contributed by atoms with van der Waals surface area (Å²) in [5.74, 6) is -3.78. The Kier molecular flexibility index (Phi) is 17.5. The normalized spacial score (nSPS) is 19.4. The lowest BCUT2D eigenvalue weighted by atomic mass is 9.73. The highest BCUT2D eigenvalue weighted by Gasteiger charge is 2.46. The zero-order valence-corrected chi connectivity index (χ0v) is 42.2. The smallest absolute Gasteiger partial charge is 0.408 e. The highest BCUT2D eigenvalue weighted by molar-refractivity contribution is 6.02. The van der Waals surface area contributed by atoms with Gasteiger partial charge in [0.15, 0.2) is 0 Å². The molecule has 69 heavy (non-hydrogen) atoms. The zero-order chi connectivity index (χ0) is 50.3. The number of methoxy groups -OCH3 is 3. The first-order valence-electron chi connectivity index (χ1n) is 24.4. The maximum Gasteiger partial charge on any atom is 0.408 e. The summed E-state index contributed by atoms with van der Waals surface area (Å²) in [6.07, 6.45) is 0.516. The van der Waals surface area contributed by atoms with Crippen molar-refractivity contribution < 1.29 is 47.7 Å². The molecule has 15 heteroatoms. The molecule has 1 heterocycles. The number of rotatable bonds is 21. The van der Waals surface area contributed by atoms with E-state index in [4.69, 9.17) is 18.9 Å². The van der Waals surface area contributed by atoms with Crippen molar-refractivity contribution in [2.75, 3.05) is 41.5 Å². The van der Waals surface area contributed by atoms with Crippen LogP contribution < -0.4 is 16.0 Å². The molecule has 374 valence electrons. The third-order valence-corrected chi connectivity index (χ3v) is 14.9. The van der Waals surface area contributed by atoms with Gasteiger partial charge in [0, 0.05) is 38.6 Å². The summed E-state index contributed by atoms with van der Waals surface area (Å²) in [4.78, 5) is 86.4. The largest absolute Gasteiger partial charge is 0.467 e. The number of nitrogens with one attached hydrogen (secondary N) is 3. The number of esters is 1. The van der Waals surface area contributed by atoms with E-state index in [-0.39, 0.29) is 48.5 Å². The molecule has 9 atom stereocenters. The van der Waals surface area contributed by atoms with Crippen LogP contribution in [0.25, 0.3) is 11.1 Å². The number of carbonyl (C=O) groups excluding carboxylic acids is 6. The molecule has 6 rings (SSSR count). The number of carbonyl (C=O) groups is 6. The summed E-state index contributed by atoms with van der Waals surface area (Å²) >= 11 is 0. The van der Waals surface area contributed by atoms with E-state index >= 15 is 0 Å². The first-order valence-corrected chi connectivity index (χ1v) is 24.4. The predicted molar refractivity (Wildman–Crippen MR) is 262 cm³/mol. The van der Waals surface area contributed by atoms with Crippen LogP contribution in [0.5, 0.6) is 0 Å². The fourth-order valence-electron chi connectivity index (χ4n) is 11.0. The van der Waals surface area contributed by atoms with Gasteiger partial charge in [0.25, 0.3) is 5.91 Å². The van der Waals surface area contributed by atoms with Crippen LogP contribution in [0.1, 0.15) is 108 Å². The minimum absolute atomic E-state index is 0.0166. The molecule has 5 amide bonds. The summed E-state index contributed by atoms with van der Waals surface area (Å²) in [6.45, 7) is 13.2. The van der Waals surface area contributed by atoms with Crippen molar-refractivity contribution in [3.63, 3.8) is 0 Å². The fourth-order valence-corrected chi connectivity index (χ4v) is 11.0. The SMILES string of the molecule is CC[C@H](C)[C@@H]([C@@H](CC(=O)N1CCC[C@H]1[C@H](OC)[C@@H](C)C(=O)NC(C(=O)OC)C1Cc2ccccc21)OC)N(C)[C@H](C(=O)NC(=O)C(C)(C)NC(=O)OCC1c2ccccc2-c2ccccc21)C(C)C. The second kappa shape index (κ2) is 22.9. The summed E-state index contributed by atoms with van der Waals surface area (Å²) in [6, 6.07) is 21.3. The number of likely N-dealkylation sites (tertiary alicyclic amines) is 1. The third kappa shape index (κ3) is 11.4. The van der Waals surface area contributed by atoms with Gasteiger partial charge in [-0.15, -0.1) is 0 Å². The molecule has 1 fully saturated rings. The van der Waals surface area contributed by atoms with Crippen molar-refractivity contribution in [3.05, 3.63) is 95.1 Å². The Morgan fingerprint density at radius 3 is 2.00 bits per heavy atom. The molecule has 3 aliphatic rings. The van der Waals surface area contributed by atoms with Crippen molar-refractivity contribution in [1.29, 1.82) is 0 Å². The number of alkyl carbamates (subject to hydrolysis) is 1. The van der Waals surface area contributed by atoms with Gasteiger partial charge in [-0.3, -0.25) is 29.4 Å². The van der Waals surface area contributed by atoms with E-state index in [0.29, 0.717) is 32.2 Å². The summed E-state index contributed by atoms with van der Waals surface area (Å²) in [5.41, 5.74) is 4.92. The minimum atomic E-state index is -1.52. The molecule has 1 aliphatic heterocycles. The minimum Gasteiger partial charge on any atom is -0.467 e. The summed E-state index contributed by atoms with van der Waals surface area (Å²) in [7, 11) is 6.20. The Bertz CT molecular complexity index is 2290. The molecule has 0 spiro atoms. The number of likely N-dealkylation sites (N-methyl/N-ethyl adjacent to an activating group) is 1. The second-order valence-corrected chi connectivity index (χ2v) is 19.9. The van der Waals surface area contributed by atoms with Gasteiger partial charge in [-0.1, -0.05) is 114 Å². The van der Waals surface area contributed by atoms with Crippen molar-refractivity contribution in [1.82, 2.24) is 25.8 Å². The maximum absolute atomic E-state index is 14.5. The Morgan fingerprint density at radius 2 is 1.43 bits per heavy atom. The standard InChI is InChI=1S/C54H73N5O10/c1-12-32(4)47(43(66-9)29-44(60)59-27-19-26-42(59)48(67-10)33(5)49(61)55-45(51(63)68-11)40-28-34-20-13-14-21-35(34)40)58(8)46(31(2)3)50(62)56-52(64)54(6,7)57-53(65)69-30-41-38-24-17-15-22-36(38)37-23-16-18-25-39(37)41/h13-18,20-25,31-33,40-43,45-48H,12,19,26-30H2,1-11H3,(H,55,61)(H,57,65)(H,56,62,64)/t32-,33+,40?,42-,43+,45?,46-,47-,48+/m0/s1. The number of imide groups is 1. The molecule has 3 aromatic carbocycles. The molecule has 15 nitrogen and oxygen atoms in total. The van der Waals surface area contributed by atoms with Crippen LogP contribution in [-0.2, 0) is 49.3 Å². The number of fused-ring (bicyclic) bond motifs is 4. The summed E-state index contributed by atoms with van der Waals surface area (Å²) in [5, 5.41) is 8.19. The van der Waals surface area contributed by atoms with Crippen molar-refractivity contribution in [3.8, 4) is 11.1 Å². The first kappa shape index (κ1) is 52.7. The van der Waals surface area contributed by atoms with E-state index in [2.05, 4.69) is 28.1 Å². The van der Waals surface area contributed by atoms with Gasteiger partial charge < -0.3 is 34.5 Å². The van der Waals surface area contributed by atoms with Crippen molar-refractivity contribution >= 4 is 35.7 Å². The van der Waals surface area contributed by atoms with Gasteiger partial charge >= 0.3 is 12.1 Å². The molecular weight excluding hydrogens is 879 g/mol. The number of hydrogen-bond donors (Lipinski definition) is 3. The molecule has 3 N–H and O–H groups in total. The fraction of sp³-hybridized carbons (Fsp3) is 0.556. The van der Waals surface area contributed by atoms with E-state index in [0.717, 1.165) is 33.4 Å². The van der Waals surface area contributed by atoms with Crippen LogP contribution in [0.15, 0.2) is 72.8 Å². The van der Waals surface area contributed by atoms with Gasteiger partial charge in [0.2, 0.25) is 17.7 Å². The van der Waals surface area contributed by atoms with E-state index in [1.54, 1.807) is 18.9 Å². The predicted octanol–water partition coefficient (Wildman–Crippen LogP) is 6.36. The Morgan fingerprint density at radius 1 is 0.826 bits per heavy atom. The second-order valence-electron chi connectivity index (χ2n) is 19.9. The van der Waals surface area contributed by atoms with Crippen molar-refractivity contribution in [2.45, 2.75) is 134 Å². The number of ether oxygens (including phenoxy) is 4. The molecule has 3 aromatic rings. The molecule has 2 unspecified atom stereocenters. The number of benzene rings is 3. The van der Waals surface area contributed by atoms with Crippen LogP contribution in [0, 0.1) is 17.8 Å². The number of amides is 5. The average Bonchev–Trinajstić information content (AvgIpc) is 3.93. The van der Waals surface area contributed by atoms with E-state index < -0.39 is 71.7 Å². The van der Waals surface area contributed by atoms with E-state index in [1.165, 1.54) is 28.1 Å². The van der Waals surface area contributed by atoms with Crippen LogP contribution in [0.2, 0.25) is 0 Å². The van der Waals surface area contributed by atoms with Gasteiger partial charge in [-0.25, -0.2) is 9.59 Å². The Hall–Kier alpha value is -5.64. The summed E-state index contributed by atoms with van der Waals surface area (Å²) < 4.78 is 23.0. The topological polar surface area (TPSA) is 182 Å². The molecule has 0 radical (unpaired) electrons. The van der Waals surface area contributed by atoms with Crippen LogP contribution in [-0.4, -0.2) is 129 Å². The lowest BCUT2D eigenvalue weighted by Crippen LogP contribution is -2.62. The monoisotopic (exact) mass is 952 g/mol. The maximum atomic E-state index is 14.5. The first-order chi connectivity index (χ1) is 32.9. The average molecular weight is 952 g/mol. The lowest BCUT2D eigenvalue weighted by Gasteiger charge is -2.43. The molecule has 0 saturated carbocycles.